The Balaban J connectivity index is 2.34. The van der Waals surface area contributed by atoms with Crippen molar-refractivity contribution in [2.24, 2.45) is 0 Å². The summed E-state index contributed by atoms with van der Waals surface area (Å²) in [5.41, 5.74) is 2.44. The van der Waals surface area contributed by atoms with Gasteiger partial charge in [0.05, 0.1) is 0 Å². The molecular weight excluding hydrogens is 246 g/mol. The number of hydrogen-bond donors (Lipinski definition) is 1. The van der Waals surface area contributed by atoms with Crippen molar-refractivity contribution >= 4 is 5.82 Å². The van der Waals surface area contributed by atoms with E-state index in [0.29, 0.717) is 11.8 Å². The standard InChI is InChI=1S/C17H29N3/c1-5-18-17-15(12(2)3)13(4)19-16(20-17)14-10-8-6-7-9-11-14/h12,14H,5-11H2,1-4H3,(H,18,19,20). The average molecular weight is 275 g/mol. The molecule has 112 valence electrons. The molecule has 1 N–H and O–H groups in total. The molecule has 0 saturated heterocycles. The van der Waals surface area contributed by atoms with Gasteiger partial charge in [-0.15, -0.1) is 0 Å². The molecule has 0 bridgehead atoms. The first-order valence-corrected chi connectivity index (χ1v) is 8.25. The molecule has 1 aliphatic rings. The van der Waals surface area contributed by atoms with Gasteiger partial charge in [0.1, 0.15) is 11.6 Å². The van der Waals surface area contributed by atoms with E-state index in [1.54, 1.807) is 0 Å². The smallest absolute Gasteiger partial charge is 0.134 e. The van der Waals surface area contributed by atoms with Gasteiger partial charge in [-0.1, -0.05) is 39.5 Å². The van der Waals surface area contributed by atoms with Crippen molar-refractivity contribution < 1.29 is 0 Å². The van der Waals surface area contributed by atoms with Crippen LogP contribution in [0.15, 0.2) is 0 Å². The minimum Gasteiger partial charge on any atom is -0.370 e. The summed E-state index contributed by atoms with van der Waals surface area (Å²) in [5, 5.41) is 3.44. The summed E-state index contributed by atoms with van der Waals surface area (Å²) in [7, 11) is 0. The molecule has 3 heteroatoms. The molecule has 1 saturated carbocycles. The number of aryl methyl sites for hydroxylation is 1. The molecule has 1 aliphatic carbocycles. The van der Waals surface area contributed by atoms with Gasteiger partial charge in [0, 0.05) is 23.7 Å². The first kappa shape index (κ1) is 15.3. The zero-order chi connectivity index (χ0) is 14.5. The number of nitrogens with zero attached hydrogens (tertiary/aromatic N) is 2. The second kappa shape index (κ2) is 7.05. The van der Waals surface area contributed by atoms with Gasteiger partial charge in [-0.2, -0.15) is 0 Å². The van der Waals surface area contributed by atoms with E-state index in [4.69, 9.17) is 9.97 Å². The van der Waals surface area contributed by atoms with Crippen molar-refractivity contribution in [3.63, 3.8) is 0 Å². The summed E-state index contributed by atoms with van der Waals surface area (Å²) in [6.45, 7) is 9.63. The lowest BCUT2D eigenvalue weighted by Gasteiger charge is -2.20. The van der Waals surface area contributed by atoms with Crippen LogP contribution in [-0.2, 0) is 0 Å². The molecule has 0 aliphatic heterocycles. The van der Waals surface area contributed by atoms with E-state index in [0.717, 1.165) is 23.9 Å². The van der Waals surface area contributed by atoms with Gasteiger partial charge in [-0.25, -0.2) is 9.97 Å². The maximum absolute atomic E-state index is 4.89. The highest BCUT2D eigenvalue weighted by atomic mass is 15.0. The topological polar surface area (TPSA) is 37.8 Å². The van der Waals surface area contributed by atoms with Crippen LogP contribution >= 0.6 is 0 Å². The lowest BCUT2D eigenvalue weighted by molar-refractivity contribution is 0.557. The number of nitrogens with one attached hydrogen (secondary N) is 1. The highest BCUT2D eigenvalue weighted by Crippen LogP contribution is 2.32. The number of hydrogen-bond acceptors (Lipinski definition) is 3. The quantitative estimate of drug-likeness (QED) is 0.804. The molecule has 1 aromatic heterocycles. The summed E-state index contributed by atoms with van der Waals surface area (Å²) in [5.74, 6) is 3.17. The summed E-state index contributed by atoms with van der Waals surface area (Å²) < 4.78 is 0. The van der Waals surface area contributed by atoms with Crippen LogP contribution in [0.4, 0.5) is 5.82 Å². The van der Waals surface area contributed by atoms with Crippen molar-refractivity contribution in [3.8, 4) is 0 Å². The van der Waals surface area contributed by atoms with Gasteiger partial charge in [0.25, 0.3) is 0 Å². The SMILES string of the molecule is CCNc1nc(C2CCCCCC2)nc(C)c1C(C)C. The molecule has 20 heavy (non-hydrogen) atoms. The average Bonchev–Trinajstić information content (AvgIpc) is 2.66. The summed E-state index contributed by atoms with van der Waals surface area (Å²) >= 11 is 0. The summed E-state index contributed by atoms with van der Waals surface area (Å²) in [6.07, 6.45) is 7.92. The maximum Gasteiger partial charge on any atom is 0.134 e. The molecule has 1 fully saturated rings. The lowest BCUT2D eigenvalue weighted by Crippen LogP contribution is -2.13. The van der Waals surface area contributed by atoms with Crippen LogP contribution in [0.25, 0.3) is 0 Å². The minimum atomic E-state index is 0.465. The van der Waals surface area contributed by atoms with Crippen molar-refractivity contribution in [3.05, 3.63) is 17.1 Å². The molecule has 2 rings (SSSR count). The fraction of sp³-hybridized carbons (Fsp3) is 0.765. The first-order valence-electron chi connectivity index (χ1n) is 8.25. The Labute approximate surface area is 123 Å². The van der Waals surface area contributed by atoms with Crippen molar-refractivity contribution in [2.45, 2.75) is 78.1 Å². The van der Waals surface area contributed by atoms with Gasteiger partial charge in [-0.3, -0.25) is 0 Å². The van der Waals surface area contributed by atoms with Crippen LogP contribution in [0.3, 0.4) is 0 Å². The molecule has 3 nitrogen and oxygen atoms in total. The van der Waals surface area contributed by atoms with E-state index >= 15 is 0 Å². The second-order valence-electron chi connectivity index (χ2n) is 6.30. The van der Waals surface area contributed by atoms with E-state index in [9.17, 15) is 0 Å². The Hall–Kier alpha value is -1.12. The predicted octanol–water partition coefficient (Wildman–Crippen LogP) is 4.78. The van der Waals surface area contributed by atoms with Gasteiger partial charge in [0.15, 0.2) is 0 Å². The molecule has 0 amide bonds. The maximum atomic E-state index is 4.89. The van der Waals surface area contributed by atoms with Crippen LogP contribution in [0.1, 0.15) is 88.2 Å². The van der Waals surface area contributed by atoms with E-state index in [1.165, 1.54) is 44.1 Å². The molecule has 1 heterocycles. The number of rotatable bonds is 4. The van der Waals surface area contributed by atoms with Crippen molar-refractivity contribution in [2.75, 3.05) is 11.9 Å². The Morgan fingerprint density at radius 3 is 2.30 bits per heavy atom. The van der Waals surface area contributed by atoms with Gasteiger partial charge in [0.2, 0.25) is 0 Å². The highest BCUT2D eigenvalue weighted by molar-refractivity contribution is 5.48. The van der Waals surface area contributed by atoms with E-state index in [1.807, 2.05) is 0 Å². The fourth-order valence-electron chi connectivity index (χ4n) is 3.32. The molecule has 0 aromatic carbocycles. The third-order valence-electron chi connectivity index (χ3n) is 4.30. The lowest BCUT2D eigenvalue weighted by atomic mass is 9.97. The Morgan fingerprint density at radius 1 is 1.10 bits per heavy atom. The summed E-state index contributed by atoms with van der Waals surface area (Å²) in [6, 6.07) is 0. The highest BCUT2D eigenvalue weighted by Gasteiger charge is 2.21. The Morgan fingerprint density at radius 2 is 1.75 bits per heavy atom. The third kappa shape index (κ3) is 3.50. The van der Waals surface area contributed by atoms with Crippen LogP contribution in [-0.4, -0.2) is 16.5 Å². The monoisotopic (exact) mass is 275 g/mol. The minimum absolute atomic E-state index is 0.465. The zero-order valence-electron chi connectivity index (χ0n) is 13.5. The van der Waals surface area contributed by atoms with Gasteiger partial charge < -0.3 is 5.32 Å². The molecule has 0 atom stereocenters. The second-order valence-corrected chi connectivity index (χ2v) is 6.30. The summed E-state index contributed by atoms with van der Waals surface area (Å²) in [4.78, 5) is 9.74. The van der Waals surface area contributed by atoms with Crippen molar-refractivity contribution in [1.29, 1.82) is 0 Å². The predicted molar refractivity (Wildman–Crippen MR) is 85.5 cm³/mol. The van der Waals surface area contributed by atoms with Crippen molar-refractivity contribution in [1.82, 2.24) is 9.97 Å². The fourth-order valence-corrected chi connectivity index (χ4v) is 3.32. The first-order chi connectivity index (χ1) is 9.63. The number of aromatic nitrogens is 2. The van der Waals surface area contributed by atoms with Crippen LogP contribution in [0, 0.1) is 6.92 Å². The van der Waals surface area contributed by atoms with Crippen LogP contribution in [0.2, 0.25) is 0 Å². The third-order valence-corrected chi connectivity index (χ3v) is 4.30. The van der Waals surface area contributed by atoms with E-state index in [2.05, 4.69) is 33.0 Å². The molecule has 0 unspecified atom stereocenters. The molecule has 0 radical (unpaired) electrons. The van der Waals surface area contributed by atoms with E-state index < -0.39 is 0 Å². The normalized spacial score (nSPS) is 17.2. The van der Waals surface area contributed by atoms with Gasteiger partial charge >= 0.3 is 0 Å². The van der Waals surface area contributed by atoms with Gasteiger partial charge in [-0.05, 0) is 32.6 Å². The van der Waals surface area contributed by atoms with Crippen LogP contribution < -0.4 is 5.32 Å². The molecular formula is C17H29N3. The van der Waals surface area contributed by atoms with Crippen LogP contribution in [0.5, 0.6) is 0 Å². The largest absolute Gasteiger partial charge is 0.370 e. The Kier molecular flexibility index (Phi) is 5.38. The van der Waals surface area contributed by atoms with E-state index in [-0.39, 0.29) is 0 Å². The molecule has 1 aromatic rings. The zero-order valence-corrected chi connectivity index (χ0v) is 13.5. The number of anilines is 1. The molecule has 0 spiro atoms. The Bertz CT molecular complexity index is 432.